The molecule has 1 aliphatic heterocycles. The standard InChI is InChI=1S/C18H27NO2/c1-14(2)18(20)19-11-5-7-16(13-19)10-9-15-6-4-8-17(12-15)21-3/h4,6,8,12,14,16H,5,7,9-11,13H2,1-3H3/t16-/m1/s1. The molecule has 3 heteroatoms. The van der Waals surface area contributed by atoms with E-state index in [0.29, 0.717) is 11.8 Å². The lowest BCUT2D eigenvalue weighted by Crippen LogP contribution is -2.42. The number of ether oxygens (including phenoxy) is 1. The largest absolute Gasteiger partial charge is 0.497 e. The van der Waals surface area contributed by atoms with Gasteiger partial charge in [0.05, 0.1) is 7.11 Å². The molecule has 1 atom stereocenters. The van der Waals surface area contributed by atoms with Gasteiger partial charge in [-0.3, -0.25) is 4.79 Å². The molecule has 0 aromatic heterocycles. The second-order valence-corrected chi connectivity index (χ2v) is 6.34. The number of likely N-dealkylation sites (tertiary alicyclic amines) is 1. The van der Waals surface area contributed by atoms with Gasteiger partial charge in [0.25, 0.3) is 0 Å². The van der Waals surface area contributed by atoms with E-state index in [1.807, 2.05) is 26.0 Å². The van der Waals surface area contributed by atoms with Crippen molar-refractivity contribution in [2.75, 3.05) is 20.2 Å². The number of aryl methyl sites for hydroxylation is 1. The number of methoxy groups -OCH3 is 1. The van der Waals surface area contributed by atoms with Gasteiger partial charge in [-0.25, -0.2) is 0 Å². The fourth-order valence-electron chi connectivity index (χ4n) is 3.06. The van der Waals surface area contributed by atoms with Crippen LogP contribution in [0.15, 0.2) is 24.3 Å². The summed E-state index contributed by atoms with van der Waals surface area (Å²) in [7, 11) is 1.70. The number of carbonyl (C=O) groups excluding carboxylic acids is 1. The van der Waals surface area contributed by atoms with E-state index in [0.717, 1.165) is 38.1 Å². The summed E-state index contributed by atoms with van der Waals surface area (Å²) >= 11 is 0. The van der Waals surface area contributed by atoms with Gasteiger partial charge in [0.15, 0.2) is 0 Å². The van der Waals surface area contributed by atoms with Crippen molar-refractivity contribution in [1.82, 2.24) is 4.90 Å². The Hall–Kier alpha value is -1.51. The normalized spacial score (nSPS) is 18.9. The van der Waals surface area contributed by atoms with Gasteiger partial charge in [0.2, 0.25) is 5.91 Å². The summed E-state index contributed by atoms with van der Waals surface area (Å²) in [6.07, 6.45) is 4.59. The Morgan fingerprint density at radius 3 is 2.95 bits per heavy atom. The Labute approximate surface area is 128 Å². The van der Waals surface area contributed by atoms with E-state index in [1.165, 1.54) is 12.0 Å². The second kappa shape index (κ2) is 7.48. The van der Waals surface area contributed by atoms with Crippen molar-refractivity contribution in [3.8, 4) is 5.75 Å². The van der Waals surface area contributed by atoms with Gasteiger partial charge in [-0.2, -0.15) is 0 Å². The zero-order valence-electron chi connectivity index (χ0n) is 13.5. The van der Waals surface area contributed by atoms with E-state index < -0.39 is 0 Å². The molecule has 2 rings (SSSR count). The van der Waals surface area contributed by atoms with Crippen molar-refractivity contribution in [2.24, 2.45) is 11.8 Å². The molecule has 0 unspecified atom stereocenters. The number of piperidine rings is 1. The van der Waals surface area contributed by atoms with Crippen molar-refractivity contribution in [3.05, 3.63) is 29.8 Å². The van der Waals surface area contributed by atoms with Crippen LogP contribution in [-0.4, -0.2) is 31.0 Å². The van der Waals surface area contributed by atoms with Gasteiger partial charge >= 0.3 is 0 Å². The molecule has 1 aromatic rings. The minimum Gasteiger partial charge on any atom is -0.497 e. The van der Waals surface area contributed by atoms with Crippen molar-refractivity contribution in [3.63, 3.8) is 0 Å². The Morgan fingerprint density at radius 1 is 1.43 bits per heavy atom. The first kappa shape index (κ1) is 15.9. The van der Waals surface area contributed by atoms with Gasteiger partial charge < -0.3 is 9.64 Å². The van der Waals surface area contributed by atoms with Crippen LogP contribution in [0, 0.1) is 11.8 Å². The van der Waals surface area contributed by atoms with Gasteiger partial charge in [0.1, 0.15) is 5.75 Å². The van der Waals surface area contributed by atoms with Crippen LogP contribution >= 0.6 is 0 Å². The summed E-state index contributed by atoms with van der Waals surface area (Å²) in [6.45, 7) is 5.85. The maximum Gasteiger partial charge on any atom is 0.225 e. The summed E-state index contributed by atoms with van der Waals surface area (Å²) in [4.78, 5) is 14.2. The molecule has 3 nitrogen and oxygen atoms in total. The summed E-state index contributed by atoms with van der Waals surface area (Å²) in [6, 6.07) is 8.29. The molecule has 0 saturated carbocycles. The number of amides is 1. The Balaban J connectivity index is 1.86. The SMILES string of the molecule is COc1cccc(CC[C@H]2CCCN(C(=O)C(C)C)C2)c1. The smallest absolute Gasteiger partial charge is 0.225 e. The second-order valence-electron chi connectivity index (χ2n) is 6.34. The van der Waals surface area contributed by atoms with Crippen LogP contribution < -0.4 is 4.74 Å². The summed E-state index contributed by atoms with van der Waals surface area (Å²) in [5.74, 6) is 1.98. The van der Waals surface area contributed by atoms with Crippen LogP contribution in [0.5, 0.6) is 5.75 Å². The predicted molar refractivity (Wildman–Crippen MR) is 85.5 cm³/mol. The molecule has 0 radical (unpaired) electrons. The lowest BCUT2D eigenvalue weighted by molar-refractivity contribution is -0.136. The average molecular weight is 289 g/mol. The number of nitrogens with zero attached hydrogens (tertiary/aromatic N) is 1. The average Bonchev–Trinajstić information content (AvgIpc) is 2.52. The highest BCUT2D eigenvalue weighted by molar-refractivity contribution is 5.78. The molecule has 1 aliphatic rings. The van der Waals surface area contributed by atoms with E-state index in [1.54, 1.807) is 7.11 Å². The minimum absolute atomic E-state index is 0.113. The van der Waals surface area contributed by atoms with E-state index in [4.69, 9.17) is 4.74 Å². The highest BCUT2D eigenvalue weighted by atomic mass is 16.5. The summed E-state index contributed by atoms with van der Waals surface area (Å²) in [5, 5.41) is 0. The van der Waals surface area contributed by atoms with Gasteiger partial charge in [0, 0.05) is 19.0 Å². The molecule has 1 heterocycles. The third kappa shape index (κ3) is 4.48. The van der Waals surface area contributed by atoms with E-state index >= 15 is 0 Å². The third-order valence-corrected chi connectivity index (χ3v) is 4.30. The molecule has 0 spiro atoms. The molecule has 21 heavy (non-hydrogen) atoms. The number of hydrogen-bond donors (Lipinski definition) is 0. The maximum atomic E-state index is 12.1. The van der Waals surface area contributed by atoms with Crippen molar-refractivity contribution in [2.45, 2.75) is 39.5 Å². The first-order valence-electron chi connectivity index (χ1n) is 8.02. The van der Waals surface area contributed by atoms with Crippen LogP contribution in [0.2, 0.25) is 0 Å². The topological polar surface area (TPSA) is 29.5 Å². The van der Waals surface area contributed by atoms with E-state index in [-0.39, 0.29) is 5.92 Å². The molecule has 0 N–H and O–H groups in total. The van der Waals surface area contributed by atoms with Gasteiger partial charge in [-0.05, 0) is 49.3 Å². The van der Waals surface area contributed by atoms with Crippen LogP contribution in [0.25, 0.3) is 0 Å². The number of carbonyl (C=O) groups is 1. The molecule has 116 valence electrons. The lowest BCUT2D eigenvalue weighted by atomic mass is 9.91. The van der Waals surface area contributed by atoms with Crippen molar-refractivity contribution < 1.29 is 9.53 Å². The third-order valence-electron chi connectivity index (χ3n) is 4.30. The van der Waals surface area contributed by atoms with E-state index in [2.05, 4.69) is 17.0 Å². The molecule has 1 fully saturated rings. The number of rotatable bonds is 5. The quantitative estimate of drug-likeness (QED) is 0.830. The van der Waals surface area contributed by atoms with Gasteiger partial charge in [-0.1, -0.05) is 26.0 Å². The molecular formula is C18H27NO2. The highest BCUT2D eigenvalue weighted by Gasteiger charge is 2.24. The van der Waals surface area contributed by atoms with Crippen molar-refractivity contribution >= 4 is 5.91 Å². The summed E-state index contributed by atoms with van der Waals surface area (Å²) < 4.78 is 5.27. The van der Waals surface area contributed by atoms with Crippen LogP contribution in [-0.2, 0) is 11.2 Å². The first-order valence-corrected chi connectivity index (χ1v) is 8.02. The van der Waals surface area contributed by atoms with Gasteiger partial charge in [-0.15, -0.1) is 0 Å². The highest BCUT2D eigenvalue weighted by Crippen LogP contribution is 2.23. The Kier molecular flexibility index (Phi) is 5.66. The lowest BCUT2D eigenvalue weighted by Gasteiger charge is -2.34. The fourth-order valence-corrected chi connectivity index (χ4v) is 3.06. The minimum atomic E-state index is 0.113. The molecule has 0 aliphatic carbocycles. The zero-order chi connectivity index (χ0) is 15.2. The first-order chi connectivity index (χ1) is 10.1. The molecule has 1 amide bonds. The van der Waals surface area contributed by atoms with Crippen LogP contribution in [0.1, 0.15) is 38.7 Å². The van der Waals surface area contributed by atoms with Crippen LogP contribution in [0.3, 0.4) is 0 Å². The number of hydrogen-bond acceptors (Lipinski definition) is 2. The van der Waals surface area contributed by atoms with E-state index in [9.17, 15) is 4.79 Å². The molecule has 1 aromatic carbocycles. The zero-order valence-corrected chi connectivity index (χ0v) is 13.5. The molecule has 0 bridgehead atoms. The summed E-state index contributed by atoms with van der Waals surface area (Å²) in [5.41, 5.74) is 1.32. The maximum absolute atomic E-state index is 12.1. The van der Waals surface area contributed by atoms with Crippen molar-refractivity contribution in [1.29, 1.82) is 0 Å². The fraction of sp³-hybridized carbons (Fsp3) is 0.611. The predicted octanol–water partition coefficient (Wildman–Crippen LogP) is 3.52. The Bertz CT molecular complexity index is 470. The molecule has 1 saturated heterocycles. The Morgan fingerprint density at radius 2 is 2.24 bits per heavy atom. The molecular weight excluding hydrogens is 262 g/mol. The number of benzene rings is 1. The van der Waals surface area contributed by atoms with Crippen LogP contribution in [0.4, 0.5) is 0 Å². The monoisotopic (exact) mass is 289 g/mol.